The molecule has 0 radical (unpaired) electrons. The smallest absolute Gasteiger partial charge is 0.442 e. The molecule has 0 unspecified atom stereocenters. The Balaban J connectivity index is 2.84. The van der Waals surface area contributed by atoms with Crippen LogP contribution in [0.25, 0.3) is 0 Å². The molecule has 1 N–H and O–H groups in total. The number of hydrogen-bond donors (Lipinski definition) is 1. The van der Waals surface area contributed by atoms with Crippen LogP contribution in [-0.4, -0.2) is 30.4 Å². The van der Waals surface area contributed by atoms with Crippen LogP contribution in [0, 0.1) is 0 Å². The molecule has 1 aromatic heterocycles. The van der Waals surface area contributed by atoms with Crippen LogP contribution in [0.4, 0.5) is 13.2 Å². The van der Waals surface area contributed by atoms with E-state index in [0.717, 1.165) is 6.26 Å². The Labute approximate surface area is 105 Å². The highest BCUT2D eigenvalue weighted by molar-refractivity contribution is 6.38. The summed E-state index contributed by atoms with van der Waals surface area (Å²) in [7, 11) is 0. The Morgan fingerprint density at radius 1 is 1.47 bits per heavy atom. The van der Waals surface area contributed by atoms with Gasteiger partial charge in [0.2, 0.25) is 5.71 Å². The summed E-state index contributed by atoms with van der Waals surface area (Å²) in [5, 5.41) is 2.73. The van der Waals surface area contributed by atoms with E-state index in [1.807, 2.05) is 0 Å². The maximum absolute atomic E-state index is 12.5. The average Bonchev–Trinajstić information content (AvgIpc) is 2.80. The number of amides is 1. The summed E-state index contributed by atoms with van der Waals surface area (Å²) >= 11 is 0. The fourth-order valence-electron chi connectivity index (χ4n) is 0.994. The molecule has 0 atom stereocenters. The summed E-state index contributed by atoms with van der Waals surface area (Å²) in [4.78, 5) is 22.3. The fraction of sp³-hybridized carbons (Fsp3) is 0.300. The zero-order chi connectivity index (χ0) is 14.5. The quantitative estimate of drug-likeness (QED) is 0.514. The van der Waals surface area contributed by atoms with Crippen LogP contribution in [0.15, 0.2) is 27.9 Å². The third kappa shape index (κ3) is 4.12. The summed E-state index contributed by atoms with van der Waals surface area (Å²) in [6.45, 7) is 1.09. The van der Waals surface area contributed by atoms with Gasteiger partial charge in [-0.2, -0.15) is 18.3 Å². The molecule has 1 amide bonds. The lowest BCUT2D eigenvalue weighted by molar-refractivity contribution is -0.139. The van der Waals surface area contributed by atoms with Crippen molar-refractivity contribution in [3.05, 3.63) is 24.2 Å². The topological polar surface area (TPSA) is 80.9 Å². The van der Waals surface area contributed by atoms with Crippen LogP contribution in [0.3, 0.4) is 0 Å². The first-order valence-corrected chi connectivity index (χ1v) is 5.02. The second-order valence-electron chi connectivity index (χ2n) is 3.10. The second kappa shape index (κ2) is 6.03. The molecule has 0 aromatic carbocycles. The molecule has 6 nitrogen and oxygen atoms in total. The third-order valence-electron chi connectivity index (χ3n) is 1.75. The molecule has 0 aliphatic rings. The van der Waals surface area contributed by atoms with Crippen molar-refractivity contribution in [3.63, 3.8) is 0 Å². The van der Waals surface area contributed by atoms with Crippen molar-refractivity contribution in [2.24, 2.45) is 5.10 Å². The Hall–Kier alpha value is -2.32. The molecule has 0 saturated carbocycles. The van der Waals surface area contributed by atoms with E-state index in [-0.39, 0.29) is 12.4 Å². The van der Waals surface area contributed by atoms with Gasteiger partial charge in [0.15, 0.2) is 5.76 Å². The zero-order valence-corrected chi connectivity index (χ0v) is 9.65. The van der Waals surface area contributed by atoms with Gasteiger partial charge in [-0.1, -0.05) is 0 Å². The minimum atomic E-state index is -5.04. The maximum atomic E-state index is 12.5. The molecule has 0 saturated heterocycles. The number of hydrogen-bond acceptors (Lipinski definition) is 5. The Bertz CT molecular complexity index is 479. The third-order valence-corrected chi connectivity index (χ3v) is 1.75. The van der Waals surface area contributed by atoms with Crippen LogP contribution in [0.5, 0.6) is 0 Å². The fourth-order valence-corrected chi connectivity index (χ4v) is 0.994. The van der Waals surface area contributed by atoms with Gasteiger partial charge in [0, 0.05) is 0 Å². The Morgan fingerprint density at radius 3 is 2.63 bits per heavy atom. The zero-order valence-electron chi connectivity index (χ0n) is 9.65. The van der Waals surface area contributed by atoms with Crippen molar-refractivity contribution < 1.29 is 31.9 Å². The number of carbonyl (C=O) groups is 2. The van der Waals surface area contributed by atoms with Crippen LogP contribution < -0.4 is 5.43 Å². The maximum Gasteiger partial charge on any atom is 0.442 e. The lowest BCUT2D eigenvalue weighted by Crippen LogP contribution is -2.35. The van der Waals surface area contributed by atoms with Gasteiger partial charge in [0.1, 0.15) is 0 Å². The van der Waals surface area contributed by atoms with E-state index in [4.69, 9.17) is 0 Å². The number of nitrogens with one attached hydrogen (secondary N) is 1. The van der Waals surface area contributed by atoms with Crippen molar-refractivity contribution in [1.29, 1.82) is 0 Å². The summed E-state index contributed by atoms with van der Waals surface area (Å²) in [6, 6.07) is 2.59. The first-order chi connectivity index (χ1) is 8.86. The number of esters is 1. The summed E-state index contributed by atoms with van der Waals surface area (Å²) in [5.74, 6) is -2.93. The van der Waals surface area contributed by atoms with Gasteiger partial charge >= 0.3 is 18.1 Å². The van der Waals surface area contributed by atoms with E-state index in [0.29, 0.717) is 0 Å². The van der Waals surface area contributed by atoms with E-state index in [1.54, 1.807) is 5.43 Å². The van der Waals surface area contributed by atoms with Gasteiger partial charge < -0.3 is 9.15 Å². The normalized spacial score (nSPS) is 12.1. The molecule has 1 rings (SSSR count). The van der Waals surface area contributed by atoms with Crippen LogP contribution in [0.2, 0.25) is 0 Å². The highest BCUT2D eigenvalue weighted by Crippen LogP contribution is 2.18. The molecule has 0 spiro atoms. The molecule has 104 valence electrons. The highest BCUT2D eigenvalue weighted by atomic mass is 19.4. The number of rotatable bonds is 4. The molecule has 0 bridgehead atoms. The monoisotopic (exact) mass is 278 g/mol. The lowest BCUT2D eigenvalue weighted by Gasteiger charge is -2.08. The number of ether oxygens (including phenoxy) is 1. The predicted molar refractivity (Wildman–Crippen MR) is 56.3 cm³/mol. The molecule has 0 aliphatic heterocycles. The van der Waals surface area contributed by atoms with E-state index < -0.39 is 23.8 Å². The number of halogens is 3. The van der Waals surface area contributed by atoms with Crippen molar-refractivity contribution >= 4 is 17.6 Å². The minimum Gasteiger partial charge on any atom is -0.461 e. The van der Waals surface area contributed by atoms with Crippen molar-refractivity contribution in [2.75, 3.05) is 6.61 Å². The SMILES string of the molecule is CCOC(=O)/C(=N/NC(=O)c1ccco1)C(F)(F)F. The summed E-state index contributed by atoms with van der Waals surface area (Å²) in [5.41, 5.74) is -0.287. The van der Waals surface area contributed by atoms with E-state index >= 15 is 0 Å². The molecular formula is C10H9F3N2O4. The van der Waals surface area contributed by atoms with E-state index in [1.165, 1.54) is 19.1 Å². The summed E-state index contributed by atoms with van der Waals surface area (Å²) in [6.07, 6.45) is -3.88. The minimum absolute atomic E-state index is 0.242. The number of carbonyl (C=O) groups excluding carboxylic acids is 2. The summed E-state index contributed by atoms with van der Waals surface area (Å²) < 4.78 is 46.3. The van der Waals surface area contributed by atoms with Gasteiger partial charge in [-0.15, -0.1) is 0 Å². The van der Waals surface area contributed by atoms with Crippen molar-refractivity contribution in [2.45, 2.75) is 13.1 Å². The van der Waals surface area contributed by atoms with Crippen LogP contribution >= 0.6 is 0 Å². The number of alkyl halides is 3. The number of nitrogens with zero attached hydrogens (tertiary/aromatic N) is 1. The second-order valence-corrected chi connectivity index (χ2v) is 3.10. The van der Waals surface area contributed by atoms with Gasteiger partial charge in [-0.3, -0.25) is 4.79 Å². The van der Waals surface area contributed by atoms with E-state index in [2.05, 4.69) is 14.3 Å². The molecule has 0 aliphatic carbocycles. The standard InChI is InChI=1S/C10H9F3N2O4/c1-2-18-9(17)7(10(11,12)13)14-15-8(16)6-4-3-5-19-6/h3-5H,2H2,1H3,(H,15,16)/b14-7-. The average molecular weight is 278 g/mol. The lowest BCUT2D eigenvalue weighted by atomic mass is 10.4. The van der Waals surface area contributed by atoms with Gasteiger partial charge in [0.05, 0.1) is 12.9 Å². The number of hydrazone groups is 1. The largest absolute Gasteiger partial charge is 0.461 e. The molecule has 9 heteroatoms. The highest BCUT2D eigenvalue weighted by Gasteiger charge is 2.42. The molecule has 1 aromatic rings. The van der Waals surface area contributed by atoms with Crippen LogP contribution in [0.1, 0.15) is 17.5 Å². The predicted octanol–water partition coefficient (Wildman–Crippen LogP) is 1.49. The van der Waals surface area contributed by atoms with Crippen molar-refractivity contribution in [1.82, 2.24) is 5.43 Å². The first kappa shape index (κ1) is 14.7. The number of furan rings is 1. The molecule has 1 heterocycles. The van der Waals surface area contributed by atoms with Crippen LogP contribution in [-0.2, 0) is 9.53 Å². The first-order valence-electron chi connectivity index (χ1n) is 5.02. The Kier molecular flexibility index (Phi) is 4.67. The molecule has 0 fully saturated rings. The van der Waals surface area contributed by atoms with Gasteiger partial charge in [-0.25, -0.2) is 10.2 Å². The van der Waals surface area contributed by atoms with Crippen molar-refractivity contribution in [3.8, 4) is 0 Å². The molecule has 19 heavy (non-hydrogen) atoms. The van der Waals surface area contributed by atoms with Gasteiger partial charge in [-0.05, 0) is 19.1 Å². The van der Waals surface area contributed by atoms with Gasteiger partial charge in [0.25, 0.3) is 0 Å². The Morgan fingerprint density at radius 2 is 2.16 bits per heavy atom. The van der Waals surface area contributed by atoms with E-state index in [9.17, 15) is 22.8 Å². The molecular weight excluding hydrogens is 269 g/mol.